The number of amidine groups is 2. The minimum atomic E-state index is -1.21. The molecule has 0 aromatic rings. The average Bonchev–Trinajstić information content (AvgIpc) is 1.82. The van der Waals surface area contributed by atoms with E-state index in [1.54, 1.807) is 0 Å². The Morgan fingerprint density at radius 2 is 2.10 bits per heavy atom. The van der Waals surface area contributed by atoms with Gasteiger partial charge in [-0.25, -0.2) is 4.99 Å². The van der Waals surface area contributed by atoms with Crippen LogP contribution in [0.15, 0.2) is 9.98 Å². The molecule has 1 rings (SSSR count). The van der Waals surface area contributed by atoms with Crippen LogP contribution in [0, 0.1) is 0 Å². The third-order valence-electron chi connectivity index (χ3n) is 0.761. The monoisotopic (exact) mass is 203 g/mol. The number of rotatable bonds is 0. The molecular weight excluding hydrogens is 203 g/mol. The Kier molecular flexibility index (Phi) is 2.33. The summed E-state index contributed by atoms with van der Waals surface area (Å²) >= 11 is 15.8. The molecule has 0 aromatic carbocycles. The number of aliphatic imine (C=N–C) groups is 2. The van der Waals surface area contributed by atoms with Crippen molar-refractivity contribution in [2.24, 2.45) is 9.98 Å². The van der Waals surface area contributed by atoms with Crippen molar-refractivity contribution in [2.75, 3.05) is 0 Å². The van der Waals surface area contributed by atoms with Crippen LogP contribution in [0.25, 0.3) is 0 Å². The molecule has 0 bridgehead atoms. The van der Waals surface area contributed by atoms with Crippen LogP contribution in [0.5, 0.6) is 0 Å². The Hall–Kier alpha value is -0.0600. The van der Waals surface area contributed by atoms with Gasteiger partial charge in [0, 0.05) is 0 Å². The first-order chi connectivity index (χ1) is 4.61. The maximum Gasteiger partial charge on any atom is 0.233 e. The lowest BCUT2D eigenvalue weighted by molar-refractivity contribution is 0.109. The first kappa shape index (κ1) is 8.04. The summed E-state index contributed by atoms with van der Waals surface area (Å²) in [4.78, 5) is 6.62. The number of hydrogen-bond acceptors (Lipinski definition) is 3. The fraction of sp³-hybridized carbons (Fsp3) is 0.333. The molecule has 56 valence electrons. The normalized spacial score (nSPS) is 26.0. The summed E-state index contributed by atoms with van der Waals surface area (Å²) in [5, 5.41) is -0.575. The van der Waals surface area contributed by atoms with Crippen LogP contribution in [0.3, 0.4) is 0 Å². The van der Waals surface area contributed by atoms with Gasteiger partial charge in [-0.3, -0.25) is 0 Å². The fourth-order valence-corrected chi connectivity index (χ4v) is 1.05. The lowest BCUT2D eigenvalue weighted by atomic mass is 10.9. The van der Waals surface area contributed by atoms with E-state index < -0.39 is 10.9 Å². The molecule has 0 saturated heterocycles. The lowest BCUT2D eigenvalue weighted by Gasteiger charge is -2.16. The minimum absolute atomic E-state index is 0.00497. The zero-order valence-electron chi connectivity index (χ0n) is 4.43. The summed E-state index contributed by atoms with van der Waals surface area (Å²) in [5.74, 6) is 0. The van der Waals surface area contributed by atoms with Crippen molar-refractivity contribution in [2.45, 2.75) is 5.62 Å². The quantitative estimate of drug-likeness (QED) is 0.336. The summed E-state index contributed by atoms with van der Waals surface area (Å²) in [6.45, 7) is 0. The predicted molar refractivity (Wildman–Crippen MR) is 39.2 cm³/mol. The van der Waals surface area contributed by atoms with Crippen LogP contribution in [0.2, 0.25) is 0 Å². The van der Waals surface area contributed by atoms with Gasteiger partial charge in [-0.2, -0.15) is 4.99 Å². The third kappa shape index (κ3) is 1.51. The Labute approximate surface area is 71.0 Å². The highest BCUT2D eigenvalue weighted by Gasteiger charge is 2.22. The van der Waals surface area contributed by atoms with Crippen molar-refractivity contribution in [3.8, 4) is 0 Å². The van der Waals surface area contributed by atoms with Gasteiger partial charge in [-0.1, -0.05) is 16.1 Å². The topological polar surface area (TPSA) is 28.0 Å². The van der Waals surface area contributed by atoms with Gasteiger partial charge in [-0.15, -0.1) is 5.12 Å². The second-order valence-electron chi connectivity index (χ2n) is 1.40. The summed E-state index contributed by atoms with van der Waals surface area (Å²) in [7, 11) is 0. The Bertz CT molecular complexity index is 203. The third-order valence-corrected chi connectivity index (χ3v) is 1.46. The smallest absolute Gasteiger partial charge is 0.212 e. The maximum absolute atomic E-state index is 12.4. The number of halogens is 4. The van der Waals surface area contributed by atoms with Gasteiger partial charge in [0.25, 0.3) is 0 Å². The molecule has 0 aliphatic carbocycles. The van der Waals surface area contributed by atoms with E-state index in [-0.39, 0.29) is 10.4 Å². The van der Waals surface area contributed by atoms with Crippen molar-refractivity contribution < 1.29 is 4.48 Å². The Morgan fingerprint density at radius 3 is 2.60 bits per heavy atom. The van der Waals surface area contributed by atoms with E-state index in [0.717, 1.165) is 0 Å². The highest BCUT2D eigenvalue weighted by Crippen LogP contribution is 2.16. The lowest BCUT2D eigenvalue weighted by Crippen LogP contribution is -2.29. The summed E-state index contributed by atoms with van der Waals surface area (Å²) < 4.78 is 12.4. The van der Waals surface area contributed by atoms with E-state index in [0.29, 0.717) is 0 Å². The minimum Gasteiger partial charge on any atom is -0.212 e. The second-order valence-corrected chi connectivity index (χ2v) is 2.47. The molecule has 1 unspecified atom stereocenters. The largest absolute Gasteiger partial charge is 0.233 e. The molecule has 10 heavy (non-hydrogen) atoms. The molecule has 1 heterocycles. The number of alkyl halides is 1. The SMILES string of the molecule is FN1C(Cl)=NC(Cl)=NC1Cl. The van der Waals surface area contributed by atoms with E-state index >= 15 is 0 Å². The summed E-state index contributed by atoms with van der Waals surface area (Å²) in [6.07, 6.45) is 0. The Balaban J connectivity index is 2.85. The van der Waals surface area contributed by atoms with Gasteiger partial charge in [0.2, 0.25) is 16.2 Å². The zero-order valence-corrected chi connectivity index (χ0v) is 6.70. The van der Waals surface area contributed by atoms with Gasteiger partial charge in [-0.05, 0) is 23.2 Å². The molecule has 1 aliphatic rings. The molecule has 0 saturated carbocycles. The van der Waals surface area contributed by atoms with Gasteiger partial charge < -0.3 is 0 Å². The molecule has 1 aliphatic heterocycles. The molecule has 0 aromatic heterocycles. The van der Waals surface area contributed by atoms with Crippen LogP contribution in [0.1, 0.15) is 0 Å². The Morgan fingerprint density at radius 1 is 1.50 bits per heavy atom. The molecular formula is C3HCl3FN3. The molecule has 7 heteroatoms. The van der Waals surface area contributed by atoms with Crippen molar-refractivity contribution in [3.05, 3.63) is 0 Å². The van der Waals surface area contributed by atoms with Crippen LogP contribution >= 0.6 is 34.8 Å². The van der Waals surface area contributed by atoms with Crippen LogP contribution in [-0.2, 0) is 0 Å². The molecule has 0 fully saturated rings. The standard InChI is InChI=1S/C3HCl3FN3/c4-1-8-2(5)10(7)3(6)9-1/h2H. The molecule has 3 nitrogen and oxygen atoms in total. The molecule has 0 radical (unpaired) electrons. The van der Waals surface area contributed by atoms with E-state index in [1.807, 2.05) is 0 Å². The second kappa shape index (κ2) is 2.90. The van der Waals surface area contributed by atoms with Crippen LogP contribution in [-0.4, -0.2) is 21.3 Å². The molecule has 1 atom stereocenters. The van der Waals surface area contributed by atoms with Crippen molar-refractivity contribution in [1.29, 1.82) is 0 Å². The fourth-order valence-electron chi connectivity index (χ4n) is 0.379. The van der Waals surface area contributed by atoms with Crippen molar-refractivity contribution >= 4 is 45.4 Å². The first-order valence-electron chi connectivity index (χ1n) is 2.18. The van der Waals surface area contributed by atoms with Gasteiger partial charge in [0.05, 0.1) is 0 Å². The molecule has 0 N–H and O–H groups in total. The van der Waals surface area contributed by atoms with Gasteiger partial charge in [0.15, 0.2) is 0 Å². The average molecular weight is 204 g/mol. The number of nitrogens with zero attached hydrogens (tertiary/aromatic N) is 3. The number of hydrogen-bond donors (Lipinski definition) is 0. The first-order valence-corrected chi connectivity index (χ1v) is 3.37. The van der Waals surface area contributed by atoms with Crippen molar-refractivity contribution in [3.63, 3.8) is 0 Å². The van der Waals surface area contributed by atoms with Gasteiger partial charge >= 0.3 is 0 Å². The van der Waals surface area contributed by atoms with E-state index in [1.165, 1.54) is 0 Å². The van der Waals surface area contributed by atoms with E-state index in [2.05, 4.69) is 9.98 Å². The van der Waals surface area contributed by atoms with Gasteiger partial charge in [0.1, 0.15) is 0 Å². The van der Waals surface area contributed by atoms with E-state index in [9.17, 15) is 4.48 Å². The van der Waals surface area contributed by atoms with Crippen molar-refractivity contribution in [1.82, 2.24) is 5.12 Å². The highest BCUT2D eigenvalue weighted by atomic mass is 35.5. The zero-order chi connectivity index (χ0) is 7.72. The molecule has 0 amide bonds. The van der Waals surface area contributed by atoms with Crippen LogP contribution in [0.4, 0.5) is 4.48 Å². The van der Waals surface area contributed by atoms with E-state index in [4.69, 9.17) is 34.8 Å². The maximum atomic E-state index is 12.4. The summed E-state index contributed by atoms with van der Waals surface area (Å²) in [5.41, 5.74) is -1.21. The highest BCUT2D eigenvalue weighted by molar-refractivity contribution is 6.71. The predicted octanol–water partition coefficient (Wildman–Crippen LogP) is 1.90. The van der Waals surface area contributed by atoms with Crippen LogP contribution < -0.4 is 0 Å². The molecule has 0 spiro atoms. The summed E-state index contributed by atoms with van der Waals surface area (Å²) in [6, 6.07) is 0.